The summed E-state index contributed by atoms with van der Waals surface area (Å²) in [5, 5.41) is 22.5. The highest BCUT2D eigenvalue weighted by Gasteiger charge is 2.21. The van der Waals surface area contributed by atoms with E-state index in [1.165, 1.54) is 14.1 Å². The first-order valence-electron chi connectivity index (χ1n) is 7.17. The van der Waals surface area contributed by atoms with E-state index in [1.54, 1.807) is 30.5 Å². The van der Waals surface area contributed by atoms with E-state index in [-0.39, 0.29) is 0 Å². The molecule has 0 aliphatic heterocycles. The summed E-state index contributed by atoms with van der Waals surface area (Å²) >= 11 is 0. The average molecular weight is 342 g/mol. The zero-order valence-electron chi connectivity index (χ0n) is 13.3. The molecule has 128 valence electrons. The average Bonchev–Trinajstić information content (AvgIpc) is 3.14. The summed E-state index contributed by atoms with van der Waals surface area (Å²) in [6.07, 6.45) is 1.56. The maximum Gasteiger partial charge on any atom is 0.333 e. The molecule has 10 heteroatoms. The number of hydrogen-bond acceptors (Lipinski definition) is 6. The molecule has 0 aliphatic carbocycles. The number of anilines is 1. The lowest BCUT2D eigenvalue weighted by atomic mass is 10.1. The number of aromatic amines is 1. The van der Waals surface area contributed by atoms with Crippen molar-refractivity contribution < 1.29 is 9.90 Å². The summed E-state index contributed by atoms with van der Waals surface area (Å²) in [7, 11) is 2.50. The maximum atomic E-state index is 12.4. The Morgan fingerprint density at radius 1 is 1.16 bits per heavy atom. The summed E-state index contributed by atoms with van der Waals surface area (Å²) in [4.78, 5) is 36.2. The lowest BCUT2D eigenvalue weighted by molar-refractivity contribution is 0.102. The molecule has 0 bridgehead atoms. The fourth-order valence-corrected chi connectivity index (χ4v) is 2.30. The standard InChI is InChI=1S/C15H14N6O4/c1-20-13(23)11(14(24)21(2)15(20)25)12(22)17-9-5-3-8(4-6-9)10-7-16-19-18-10/h3-7,23H,1-2H3,(H,17,22)(H,16,18,19). The molecule has 0 radical (unpaired) electrons. The smallest absolute Gasteiger partial charge is 0.333 e. The van der Waals surface area contributed by atoms with Crippen molar-refractivity contribution in [1.82, 2.24) is 24.5 Å². The van der Waals surface area contributed by atoms with Crippen LogP contribution in [0.3, 0.4) is 0 Å². The van der Waals surface area contributed by atoms with Crippen molar-refractivity contribution in [2.45, 2.75) is 0 Å². The minimum absolute atomic E-state index is 0.413. The molecule has 0 atom stereocenters. The van der Waals surface area contributed by atoms with Crippen LogP contribution in [-0.2, 0) is 14.1 Å². The number of H-pyrrole nitrogens is 1. The SMILES string of the molecule is Cn1c(O)c(C(=O)Nc2ccc(-c3cnn[nH]3)cc2)c(=O)n(C)c1=O. The monoisotopic (exact) mass is 342 g/mol. The van der Waals surface area contributed by atoms with Gasteiger partial charge in [-0.1, -0.05) is 17.3 Å². The molecule has 2 heterocycles. The van der Waals surface area contributed by atoms with E-state index >= 15 is 0 Å². The third kappa shape index (κ3) is 2.80. The second kappa shape index (κ2) is 6.07. The molecule has 25 heavy (non-hydrogen) atoms. The zero-order chi connectivity index (χ0) is 18.1. The number of carbonyl (C=O) groups excluding carboxylic acids is 1. The van der Waals surface area contributed by atoms with Crippen LogP contribution in [-0.4, -0.2) is 35.6 Å². The Hall–Kier alpha value is -3.69. The minimum atomic E-state index is -0.877. The fourth-order valence-electron chi connectivity index (χ4n) is 2.30. The topological polar surface area (TPSA) is 135 Å². The van der Waals surface area contributed by atoms with E-state index in [2.05, 4.69) is 20.7 Å². The largest absolute Gasteiger partial charge is 0.494 e. The molecule has 0 saturated carbocycles. The van der Waals surface area contributed by atoms with Gasteiger partial charge in [0.05, 0.1) is 11.9 Å². The lowest BCUT2D eigenvalue weighted by Crippen LogP contribution is -2.40. The van der Waals surface area contributed by atoms with Crippen molar-refractivity contribution in [2.24, 2.45) is 14.1 Å². The highest BCUT2D eigenvalue weighted by Crippen LogP contribution is 2.19. The molecule has 0 spiro atoms. The van der Waals surface area contributed by atoms with Gasteiger partial charge in [0.25, 0.3) is 11.5 Å². The summed E-state index contributed by atoms with van der Waals surface area (Å²) in [6, 6.07) is 6.70. The highest BCUT2D eigenvalue weighted by molar-refractivity contribution is 6.05. The van der Waals surface area contributed by atoms with Crippen molar-refractivity contribution in [3.63, 3.8) is 0 Å². The van der Waals surface area contributed by atoms with Crippen LogP contribution < -0.4 is 16.6 Å². The molecule has 0 aliphatic rings. The molecule has 0 unspecified atom stereocenters. The minimum Gasteiger partial charge on any atom is -0.494 e. The van der Waals surface area contributed by atoms with Crippen LogP contribution in [0.5, 0.6) is 5.88 Å². The van der Waals surface area contributed by atoms with Crippen molar-refractivity contribution in [3.05, 3.63) is 56.9 Å². The van der Waals surface area contributed by atoms with E-state index in [9.17, 15) is 19.5 Å². The number of benzene rings is 1. The lowest BCUT2D eigenvalue weighted by Gasteiger charge is -2.10. The molecule has 0 saturated heterocycles. The van der Waals surface area contributed by atoms with Crippen molar-refractivity contribution in [3.8, 4) is 17.1 Å². The Morgan fingerprint density at radius 3 is 2.44 bits per heavy atom. The fraction of sp³-hybridized carbons (Fsp3) is 0.133. The molecule has 10 nitrogen and oxygen atoms in total. The van der Waals surface area contributed by atoms with Crippen molar-refractivity contribution in [1.29, 1.82) is 0 Å². The first-order valence-corrected chi connectivity index (χ1v) is 7.17. The van der Waals surface area contributed by atoms with E-state index in [0.29, 0.717) is 11.4 Å². The summed E-state index contributed by atoms with van der Waals surface area (Å²) in [6.45, 7) is 0. The number of hydrogen-bond donors (Lipinski definition) is 3. The summed E-state index contributed by atoms with van der Waals surface area (Å²) in [5.41, 5.74) is -0.177. The molecular formula is C15H14N6O4. The van der Waals surface area contributed by atoms with Crippen LogP contribution in [0.1, 0.15) is 10.4 Å². The molecule has 0 fully saturated rings. The van der Waals surface area contributed by atoms with Crippen molar-refractivity contribution >= 4 is 11.6 Å². The van der Waals surface area contributed by atoms with Gasteiger partial charge in [0, 0.05) is 25.3 Å². The first kappa shape index (κ1) is 16.2. The molecule has 2 aromatic heterocycles. The van der Waals surface area contributed by atoms with Gasteiger partial charge < -0.3 is 10.4 Å². The van der Waals surface area contributed by atoms with E-state index in [4.69, 9.17) is 0 Å². The van der Waals surface area contributed by atoms with Gasteiger partial charge in [-0.2, -0.15) is 0 Å². The van der Waals surface area contributed by atoms with Crippen LogP contribution in [0.2, 0.25) is 0 Å². The number of rotatable bonds is 3. The second-order valence-electron chi connectivity index (χ2n) is 5.31. The zero-order valence-corrected chi connectivity index (χ0v) is 13.3. The Bertz CT molecular complexity index is 1050. The molecular weight excluding hydrogens is 328 g/mol. The number of carbonyl (C=O) groups is 1. The Kier molecular flexibility index (Phi) is 3.93. The maximum absolute atomic E-state index is 12.4. The van der Waals surface area contributed by atoms with Gasteiger partial charge in [-0.3, -0.25) is 23.8 Å². The Labute approximate surface area is 140 Å². The van der Waals surface area contributed by atoms with Crippen LogP contribution >= 0.6 is 0 Å². The summed E-state index contributed by atoms with van der Waals surface area (Å²) < 4.78 is 1.58. The number of nitrogens with zero attached hydrogens (tertiary/aromatic N) is 4. The third-order valence-electron chi connectivity index (χ3n) is 3.73. The third-order valence-corrected chi connectivity index (χ3v) is 3.73. The molecule has 1 aromatic carbocycles. The van der Waals surface area contributed by atoms with Gasteiger partial charge >= 0.3 is 5.69 Å². The van der Waals surface area contributed by atoms with Crippen LogP contribution in [0.25, 0.3) is 11.3 Å². The van der Waals surface area contributed by atoms with E-state index in [1.807, 2.05) is 0 Å². The number of aromatic nitrogens is 5. The van der Waals surface area contributed by atoms with E-state index < -0.39 is 28.6 Å². The normalized spacial score (nSPS) is 10.6. The predicted octanol–water partition coefficient (Wildman–Crippen LogP) is -0.173. The highest BCUT2D eigenvalue weighted by atomic mass is 16.3. The van der Waals surface area contributed by atoms with Crippen LogP contribution in [0.15, 0.2) is 40.1 Å². The van der Waals surface area contributed by atoms with Gasteiger partial charge in [0.1, 0.15) is 0 Å². The Balaban J connectivity index is 1.91. The molecule has 1 amide bonds. The second-order valence-corrected chi connectivity index (χ2v) is 5.31. The quantitative estimate of drug-likeness (QED) is 0.605. The number of amides is 1. The Morgan fingerprint density at radius 2 is 1.84 bits per heavy atom. The molecule has 3 N–H and O–H groups in total. The van der Waals surface area contributed by atoms with Crippen LogP contribution in [0, 0.1) is 0 Å². The summed E-state index contributed by atoms with van der Waals surface area (Å²) in [5.74, 6) is -1.50. The van der Waals surface area contributed by atoms with Crippen LogP contribution in [0.4, 0.5) is 5.69 Å². The van der Waals surface area contributed by atoms with Gasteiger partial charge in [-0.05, 0) is 12.1 Å². The predicted molar refractivity (Wildman–Crippen MR) is 88.4 cm³/mol. The van der Waals surface area contributed by atoms with Gasteiger partial charge in [-0.15, -0.1) is 5.10 Å². The molecule has 3 rings (SSSR count). The van der Waals surface area contributed by atoms with Gasteiger partial charge in [0.15, 0.2) is 5.56 Å². The number of nitrogens with one attached hydrogen (secondary N) is 2. The first-order chi connectivity index (χ1) is 11.9. The van der Waals surface area contributed by atoms with Gasteiger partial charge in [0.2, 0.25) is 5.88 Å². The van der Waals surface area contributed by atoms with E-state index in [0.717, 1.165) is 14.7 Å². The molecule has 3 aromatic rings. The van der Waals surface area contributed by atoms with Gasteiger partial charge in [-0.25, -0.2) is 4.79 Å². The van der Waals surface area contributed by atoms with Crippen molar-refractivity contribution in [2.75, 3.05) is 5.32 Å². The number of aromatic hydroxyl groups is 1.